The zero-order valence-corrected chi connectivity index (χ0v) is 19.6. The van der Waals surface area contributed by atoms with E-state index in [0.717, 1.165) is 17.0 Å². The minimum atomic E-state index is -0.272. The Labute approximate surface area is 203 Å². The molecule has 2 heterocycles. The molecule has 10 nitrogen and oxygen atoms in total. The van der Waals surface area contributed by atoms with Crippen LogP contribution in [0.2, 0.25) is 0 Å². The lowest BCUT2D eigenvalue weighted by Crippen LogP contribution is -2.51. The van der Waals surface area contributed by atoms with Crippen molar-refractivity contribution >= 4 is 23.4 Å². The van der Waals surface area contributed by atoms with E-state index in [4.69, 9.17) is 9.47 Å². The zero-order chi connectivity index (χ0) is 24.8. The number of carbonyl (C=O) groups excluding carboxylic acids is 3. The summed E-state index contributed by atoms with van der Waals surface area (Å²) in [7, 11) is 3.06. The fourth-order valence-electron chi connectivity index (χ4n) is 3.84. The average molecular weight is 478 g/mol. The molecule has 3 aromatic rings. The summed E-state index contributed by atoms with van der Waals surface area (Å²) in [5.74, 6) is 0.183. The molecule has 0 atom stereocenters. The minimum absolute atomic E-state index is 0.0360. The molecule has 1 N–H and O–H groups in total. The van der Waals surface area contributed by atoms with Gasteiger partial charge in [-0.3, -0.25) is 14.4 Å². The molecular formula is C25H27N5O5. The number of aromatic nitrogens is 2. The van der Waals surface area contributed by atoms with Crippen LogP contribution in [0.15, 0.2) is 60.9 Å². The van der Waals surface area contributed by atoms with Gasteiger partial charge >= 0.3 is 0 Å². The molecule has 0 unspecified atom stereocenters. The van der Waals surface area contributed by atoms with Crippen molar-refractivity contribution in [2.45, 2.75) is 6.54 Å². The van der Waals surface area contributed by atoms with Crippen LogP contribution in [0.1, 0.15) is 15.9 Å². The molecule has 35 heavy (non-hydrogen) atoms. The van der Waals surface area contributed by atoms with Gasteiger partial charge in [0.1, 0.15) is 18.9 Å². The van der Waals surface area contributed by atoms with Crippen LogP contribution in [-0.2, 0) is 20.9 Å². The smallest absolute Gasteiger partial charge is 0.254 e. The number of hydrogen-bond acceptors (Lipinski definition) is 6. The zero-order valence-electron chi connectivity index (χ0n) is 19.6. The molecule has 0 saturated carbocycles. The first-order valence-corrected chi connectivity index (χ1v) is 11.1. The number of nitrogens with one attached hydrogen (secondary N) is 1. The highest BCUT2D eigenvalue weighted by molar-refractivity contribution is 5.97. The molecule has 4 rings (SSSR count). The first-order valence-electron chi connectivity index (χ1n) is 11.1. The summed E-state index contributed by atoms with van der Waals surface area (Å²) in [6, 6.07) is 14.5. The molecule has 0 radical (unpaired) electrons. The van der Waals surface area contributed by atoms with Crippen molar-refractivity contribution < 1.29 is 23.9 Å². The number of nitrogens with zero attached hydrogens (tertiary/aromatic N) is 4. The molecule has 0 spiro atoms. The molecule has 0 bridgehead atoms. The minimum Gasteiger partial charge on any atom is -0.497 e. The number of carbonyl (C=O) groups is 3. The van der Waals surface area contributed by atoms with E-state index >= 15 is 0 Å². The van der Waals surface area contributed by atoms with E-state index in [1.165, 1.54) is 13.3 Å². The number of anilines is 1. The van der Waals surface area contributed by atoms with E-state index in [1.807, 2.05) is 24.3 Å². The van der Waals surface area contributed by atoms with E-state index in [9.17, 15) is 14.4 Å². The quantitative estimate of drug-likeness (QED) is 0.532. The SMILES string of the molecule is COCC(=O)Nc1cnn(-c2ccc(C(=O)N3CCN(Cc4cccc(OC)c4)C(=O)C3)cc2)c1. The lowest BCUT2D eigenvalue weighted by Gasteiger charge is -2.34. The van der Waals surface area contributed by atoms with Gasteiger partial charge < -0.3 is 24.6 Å². The van der Waals surface area contributed by atoms with E-state index in [1.54, 1.807) is 52.1 Å². The molecule has 1 fully saturated rings. The first-order chi connectivity index (χ1) is 17.0. The van der Waals surface area contributed by atoms with Gasteiger partial charge in [-0.1, -0.05) is 12.1 Å². The third-order valence-corrected chi connectivity index (χ3v) is 5.63. The van der Waals surface area contributed by atoms with E-state index in [2.05, 4.69) is 10.4 Å². The summed E-state index contributed by atoms with van der Waals surface area (Å²) >= 11 is 0. The van der Waals surface area contributed by atoms with Crippen LogP contribution in [0.5, 0.6) is 5.75 Å². The summed E-state index contributed by atoms with van der Waals surface area (Å²) in [4.78, 5) is 40.7. The Morgan fingerprint density at radius 2 is 1.89 bits per heavy atom. The van der Waals surface area contributed by atoms with Gasteiger partial charge in [-0.15, -0.1) is 0 Å². The molecule has 1 aliphatic heterocycles. The third-order valence-electron chi connectivity index (χ3n) is 5.63. The predicted octanol–water partition coefficient (Wildman–Crippen LogP) is 1.95. The molecule has 182 valence electrons. The Balaban J connectivity index is 1.35. The van der Waals surface area contributed by atoms with Gasteiger partial charge in [0.2, 0.25) is 11.8 Å². The molecule has 3 amide bonds. The summed E-state index contributed by atoms with van der Waals surface area (Å²) in [6.07, 6.45) is 3.20. The van der Waals surface area contributed by atoms with Gasteiger partial charge in [0, 0.05) is 32.3 Å². The molecule has 1 aliphatic rings. The Bertz CT molecular complexity index is 1210. The van der Waals surface area contributed by atoms with Crippen LogP contribution in [0.3, 0.4) is 0 Å². The Kier molecular flexibility index (Phi) is 7.41. The summed E-state index contributed by atoms with van der Waals surface area (Å²) in [5, 5.41) is 6.92. The molecular weight excluding hydrogens is 450 g/mol. The number of methoxy groups -OCH3 is 2. The van der Waals surface area contributed by atoms with Gasteiger partial charge in [-0.05, 0) is 42.0 Å². The fraction of sp³-hybridized carbons (Fsp3) is 0.280. The van der Waals surface area contributed by atoms with Crippen LogP contribution in [0, 0.1) is 0 Å². The van der Waals surface area contributed by atoms with Crippen molar-refractivity contribution in [3.63, 3.8) is 0 Å². The van der Waals surface area contributed by atoms with Crippen molar-refractivity contribution in [1.29, 1.82) is 0 Å². The maximum atomic E-state index is 13.0. The normalized spacial score (nSPS) is 13.6. The number of piperazine rings is 1. The molecule has 2 aromatic carbocycles. The van der Waals surface area contributed by atoms with Crippen LogP contribution in [0.4, 0.5) is 5.69 Å². The lowest BCUT2D eigenvalue weighted by molar-refractivity contribution is -0.135. The summed E-state index contributed by atoms with van der Waals surface area (Å²) in [5.41, 5.74) is 2.74. The highest BCUT2D eigenvalue weighted by atomic mass is 16.5. The van der Waals surface area contributed by atoms with E-state index < -0.39 is 0 Å². The van der Waals surface area contributed by atoms with Gasteiger partial charge in [0.25, 0.3) is 5.91 Å². The van der Waals surface area contributed by atoms with Crippen LogP contribution in [0.25, 0.3) is 5.69 Å². The second-order valence-electron chi connectivity index (χ2n) is 8.10. The van der Waals surface area contributed by atoms with Crippen molar-refractivity contribution in [1.82, 2.24) is 19.6 Å². The van der Waals surface area contributed by atoms with E-state index in [-0.39, 0.29) is 30.9 Å². The predicted molar refractivity (Wildman–Crippen MR) is 128 cm³/mol. The largest absolute Gasteiger partial charge is 0.497 e. The number of hydrogen-bond donors (Lipinski definition) is 1. The Morgan fingerprint density at radius 3 is 2.60 bits per heavy atom. The standard InChI is InChI=1S/C25H27N5O5/c1-34-17-23(31)27-20-13-26-30(15-20)21-8-6-19(7-9-21)25(33)29-11-10-28(24(32)16-29)14-18-4-3-5-22(12-18)35-2/h3-9,12-13,15H,10-11,14,16-17H2,1-2H3,(H,27,31). The van der Waals surface area contributed by atoms with Gasteiger partial charge in [0.05, 0.1) is 30.9 Å². The van der Waals surface area contributed by atoms with Crippen molar-refractivity contribution in [2.24, 2.45) is 0 Å². The second kappa shape index (κ2) is 10.8. The van der Waals surface area contributed by atoms with Gasteiger partial charge in [0.15, 0.2) is 0 Å². The Hall–Kier alpha value is -4.18. The second-order valence-corrected chi connectivity index (χ2v) is 8.10. The topological polar surface area (TPSA) is 106 Å². The van der Waals surface area contributed by atoms with Crippen molar-refractivity contribution in [3.8, 4) is 11.4 Å². The number of ether oxygens (including phenoxy) is 2. The number of benzene rings is 2. The molecule has 1 saturated heterocycles. The van der Waals surface area contributed by atoms with Crippen LogP contribution in [-0.4, -0.2) is 77.8 Å². The van der Waals surface area contributed by atoms with Crippen LogP contribution < -0.4 is 10.1 Å². The third kappa shape index (κ3) is 5.85. The molecule has 1 aromatic heterocycles. The maximum Gasteiger partial charge on any atom is 0.254 e. The molecule has 0 aliphatic carbocycles. The van der Waals surface area contributed by atoms with Crippen LogP contribution >= 0.6 is 0 Å². The number of amides is 3. The van der Waals surface area contributed by atoms with Gasteiger partial charge in [-0.2, -0.15) is 5.10 Å². The highest BCUT2D eigenvalue weighted by Gasteiger charge is 2.27. The highest BCUT2D eigenvalue weighted by Crippen LogP contribution is 2.18. The summed E-state index contributed by atoms with van der Waals surface area (Å²) in [6.45, 7) is 1.39. The number of rotatable bonds is 8. The monoisotopic (exact) mass is 477 g/mol. The summed E-state index contributed by atoms with van der Waals surface area (Å²) < 4.78 is 11.6. The lowest BCUT2D eigenvalue weighted by atomic mass is 10.1. The van der Waals surface area contributed by atoms with Gasteiger partial charge in [-0.25, -0.2) is 4.68 Å². The first kappa shape index (κ1) is 24.0. The molecule has 10 heteroatoms. The Morgan fingerprint density at radius 1 is 1.09 bits per heavy atom. The van der Waals surface area contributed by atoms with E-state index in [0.29, 0.717) is 30.9 Å². The van der Waals surface area contributed by atoms with Crippen molar-refractivity contribution in [2.75, 3.05) is 45.8 Å². The van der Waals surface area contributed by atoms with Crippen molar-refractivity contribution in [3.05, 3.63) is 72.1 Å². The maximum absolute atomic E-state index is 13.0. The average Bonchev–Trinajstić information content (AvgIpc) is 3.33. The fourth-order valence-corrected chi connectivity index (χ4v) is 3.84.